The zero-order valence-electron chi connectivity index (χ0n) is 30.7. The van der Waals surface area contributed by atoms with E-state index in [1.54, 1.807) is 0 Å². The third-order valence-electron chi connectivity index (χ3n) is 14.0. The van der Waals surface area contributed by atoms with E-state index in [1.807, 2.05) is 0 Å². The van der Waals surface area contributed by atoms with Gasteiger partial charge in [0, 0.05) is 84.0 Å². The number of piperidine rings is 4. The predicted molar refractivity (Wildman–Crippen MR) is 194 cm³/mol. The van der Waals surface area contributed by atoms with E-state index in [0.717, 1.165) is 23.7 Å². The van der Waals surface area contributed by atoms with Crippen LogP contribution in [0, 0.1) is 29.1 Å². The fourth-order valence-electron chi connectivity index (χ4n) is 10.4. The molecule has 8 heteroatoms. The lowest BCUT2D eigenvalue weighted by molar-refractivity contribution is -0.0834. The Bertz CT molecular complexity index is 859. The summed E-state index contributed by atoms with van der Waals surface area (Å²) in [6, 6.07) is 0. The fourth-order valence-corrected chi connectivity index (χ4v) is 10.4. The van der Waals surface area contributed by atoms with Crippen LogP contribution < -0.4 is 5.32 Å². The van der Waals surface area contributed by atoms with Gasteiger partial charge in [0.05, 0.1) is 0 Å². The third kappa shape index (κ3) is 9.68. The molecule has 0 amide bonds. The van der Waals surface area contributed by atoms with Crippen LogP contribution in [-0.4, -0.2) is 185 Å². The number of rotatable bonds is 12. The summed E-state index contributed by atoms with van der Waals surface area (Å²) in [5, 5.41) is 3.54. The van der Waals surface area contributed by atoms with Crippen molar-refractivity contribution in [1.82, 2.24) is 39.6 Å². The maximum absolute atomic E-state index is 3.54. The Hall–Kier alpha value is -0.320. The molecule has 0 saturated carbocycles. The highest BCUT2D eigenvalue weighted by Crippen LogP contribution is 2.47. The van der Waals surface area contributed by atoms with Gasteiger partial charge in [-0.25, -0.2) is 0 Å². The monoisotopic (exact) mass is 643 g/mol. The van der Waals surface area contributed by atoms with Gasteiger partial charge in [-0.15, -0.1) is 0 Å². The van der Waals surface area contributed by atoms with Crippen molar-refractivity contribution in [3.05, 3.63) is 0 Å². The number of likely N-dealkylation sites (N-methyl/N-ethyl adjacent to an activating group) is 1. The van der Waals surface area contributed by atoms with Crippen LogP contribution in [0.5, 0.6) is 0 Å². The van der Waals surface area contributed by atoms with Gasteiger partial charge in [0.15, 0.2) is 0 Å². The van der Waals surface area contributed by atoms with Gasteiger partial charge in [-0.2, -0.15) is 0 Å². The van der Waals surface area contributed by atoms with Crippen molar-refractivity contribution in [2.75, 3.05) is 151 Å². The Morgan fingerprint density at radius 3 is 1.85 bits per heavy atom. The molecular weight excluding hydrogens is 568 g/mol. The number of nitrogens with zero attached hydrogens (tertiary/aromatic N) is 7. The lowest BCUT2D eigenvalue weighted by atomic mass is 9.60. The molecule has 0 aromatic heterocycles. The Morgan fingerprint density at radius 2 is 1.15 bits per heavy atom. The normalized spacial score (nSPS) is 33.7. The molecule has 0 aromatic carbocycles. The van der Waals surface area contributed by atoms with Crippen molar-refractivity contribution in [2.24, 2.45) is 29.1 Å². The lowest BCUT2D eigenvalue weighted by Crippen LogP contribution is -2.62. The maximum Gasteiger partial charge on any atom is 0.0110 e. The predicted octanol–water partition coefficient (Wildman–Crippen LogP) is 3.01. The van der Waals surface area contributed by atoms with Crippen molar-refractivity contribution in [2.45, 2.75) is 65.2 Å². The Morgan fingerprint density at radius 1 is 0.565 bits per heavy atom. The molecule has 3 unspecified atom stereocenters. The smallest absolute Gasteiger partial charge is 0.0110 e. The molecule has 0 radical (unpaired) electrons. The van der Waals surface area contributed by atoms with Crippen molar-refractivity contribution in [3.63, 3.8) is 0 Å². The molecule has 46 heavy (non-hydrogen) atoms. The molecule has 6 saturated heterocycles. The van der Waals surface area contributed by atoms with E-state index in [1.165, 1.54) is 195 Å². The molecule has 1 N–H and O–H groups in total. The summed E-state index contributed by atoms with van der Waals surface area (Å²) in [7, 11) is 2.31. The molecule has 0 aliphatic carbocycles. The van der Waals surface area contributed by atoms with E-state index >= 15 is 0 Å². The highest BCUT2D eigenvalue weighted by atomic mass is 15.3. The van der Waals surface area contributed by atoms with Crippen LogP contribution in [0.4, 0.5) is 0 Å². The Balaban J connectivity index is 1.01. The van der Waals surface area contributed by atoms with Gasteiger partial charge >= 0.3 is 0 Å². The van der Waals surface area contributed by atoms with Crippen LogP contribution in [0.15, 0.2) is 0 Å². The van der Waals surface area contributed by atoms with E-state index in [4.69, 9.17) is 0 Å². The highest BCUT2D eigenvalue weighted by Gasteiger charge is 2.50. The standard InChI is InChI=1S/C38H74N8/c1-4-41-22-26-44(27-23-41)31-37-12-21-45(16-5-15-42-24-28-43(29-25-42)30-36-6-13-39-14-7-36)32-38(37)33-46(19-8-34(38)2)20-11-35-9-17-40(3)18-10-35/h34-37,39H,4-33H2,1-3H3. The summed E-state index contributed by atoms with van der Waals surface area (Å²) in [6.07, 6.45) is 11.2. The van der Waals surface area contributed by atoms with E-state index in [-0.39, 0.29) is 0 Å². The first kappa shape index (κ1) is 35.5. The van der Waals surface area contributed by atoms with Gasteiger partial charge in [-0.05, 0) is 148 Å². The second-order valence-corrected chi connectivity index (χ2v) is 16.9. The number of likely N-dealkylation sites (tertiary alicyclic amines) is 3. The van der Waals surface area contributed by atoms with Crippen LogP contribution >= 0.6 is 0 Å². The van der Waals surface area contributed by atoms with Crippen molar-refractivity contribution in [1.29, 1.82) is 0 Å². The molecular formula is C38H74N8. The topological polar surface area (TPSA) is 34.7 Å². The summed E-state index contributed by atoms with van der Waals surface area (Å²) in [5.41, 5.74) is 0.464. The zero-order valence-corrected chi connectivity index (χ0v) is 30.7. The van der Waals surface area contributed by atoms with Crippen molar-refractivity contribution >= 4 is 0 Å². The third-order valence-corrected chi connectivity index (χ3v) is 14.0. The molecule has 6 rings (SSSR count). The molecule has 0 aromatic rings. The van der Waals surface area contributed by atoms with E-state index < -0.39 is 0 Å². The average Bonchev–Trinajstić information content (AvgIpc) is 3.09. The van der Waals surface area contributed by atoms with Gasteiger partial charge in [-0.3, -0.25) is 0 Å². The minimum atomic E-state index is 0.464. The molecule has 0 bridgehead atoms. The molecule has 8 nitrogen and oxygen atoms in total. The summed E-state index contributed by atoms with van der Waals surface area (Å²) >= 11 is 0. The molecule has 6 fully saturated rings. The average molecular weight is 643 g/mol. The molecule has 266 valence electrons. The number of hydrogen-bond donors (Lipinski definition) is 1. The highest BCUT2D eigenvalue weighted by molar-refractivity contribution is 5.02. The fraction of sp³-hybridized carbons (Fsp3) is 1.00. The molecule has 1 spiro atoms. The Labute approximate surface area is 284 Å². The second kappa shape index (κ2) is 17.6. The van der Waals surface area contributed by atoms with E-state index in [0.29, 0.717) is 5.41 Å². The maximum atomic E-state index is 3.54. The van der Waals surface area contributed by atoms with Crippen LogP contribution in [0.1, 0.15) is 65.2 Å². The van der Waals surface area contributed by atoms with E-state index in [9.17, 15) is 0 Å². The van der Waals surface area contributed by atoms with Crippen LogP contribution in [0.3, 0.4) is 0 Å². The minimum absolute atomic E-state index is 0.464. The first-order valence-electron chi connectivity index (χ1n) is 20.2. The Kier molecular flexibility index (Phi) is 13.6. The van der Waals surface area contributed by atoms with Crippen LogP contribution in [0.2, 0.25) is 0 Å². The number of hydrogen-bond acceptors (Lipinski definition) is 8. The van der Waals surface area contributed by atoms with E-state index in [2.05, 4.69) is 60.5 Å². The van der Waals surface area contributed by atoms with Crippen LogP contribution in [-0.2, 0) is 0 Å². The second-order valence-electron chi connectivity index (χ2n) is 16.9. The SMILES string of the molecule is CCN1CCN(CC2CCN(CCCN3CCN(CC4CCNCC4)CC3)CC23CN(CCC2CCN(C)CC2)CCC3C)CC1. The quantitative estimate of drug-likeness (QED) is 0.348. The first-order chi connectivity index (χ1) is 22.5. The zero-order chi connectivity index (χ0) is 31.8. The first-order valence-corrected chi connectivity index (χ1v) is 20.2. The largest absolute Gasteiger partial charge is 0.317 e. The number of piperazine rings is 2. The summed E-state index contributed by atoms with van der Waals surface area (Å²) in [6.45, 7) is 33.5. The van der Waals surface area contributed by atoms with Gasteiger partial charge in [0.2, 0.25) is 0 Å². The molecule has 6 heterocycles. The summed E-state index contributed by atoms with van der Waals surface area (Å²) in [4.78, 5) is 19.5. The molecule has 3 atom stereocenters. The number of nitrogens with one attached hydrogen (secondary N) is 1. The lowest BCUT2D eigenvalue weighted by Gasteiger charge is -2.57. The van der Waals surface area contributed by atoms with Crippen molar-refractivity contribution < 1.29 is 0 Å². The minimum Gasteiger partial charge on any atom is -0.317 e. The van der Waals surface area contributed by atoms with Gasteiger partial charge in [0.1, 0.15) is 0 Å². The van der Waals surface area contributed by atoms with Gasteiger partial charge in [-0.1, -0.05) is 13.8 Å². The van der Waals surface area contributed by atoms with Gasteiger partial charge < -0.3 is 39.6 Å². The molecule has 6 aliphatic heterocycles. The van der Waals surface area contributed by atoms with Crippen molar-refractivity contribution in [3.8, 4) is 0 Å². The van der Waals surface area contributed by atoms with Gasteiger partial charge in [0.25, 0.3) is 0 Å². The summed E-state index contributed by atoms with van der Waals surface area (Å²) in [5.74, 6) is 3.57. The summed E-state index contributed by atoms with van der Waals surface area (Å²) < 4.78 is 0. The van der Waals surface area contributed by atoms with Crippen LogP contribution in [0.25, 0.3) is 0 Å². The molecule has 6 aliphatic rings.